The largest absolute Gasteiger partial charge is 2.00 e. The predicted octanol–water partition coefficient (Wildman–Crippen LogP) is 7.71. The summed E-state index contributed by atoms with van der Waals surface area (Å²) in [5.41, 5.74) is 6.34. The third-order valence-corrected chi connectivity index (χ3v) is 6.11. The standard InChI is InChI=1S/C31H22N2.Pt/c1-3-11-22(12-4-1)28-19-24-15-7-9-17-26(24)30(32-28)21-31-27-18-10-8-16-25(27)20-29(33-31)23-13-5-2-6-14-23;/h1-20H,21H2;/q;+2. The summed E-state index contributed by atoms with van der Waals surface area (Å²) in [6.45, 7) is 0. The number of pyridine rings is 2. The van der Waals surface area contributed by atoms with Crippen molar-refractivity contribution in [2.75, 3.05) is 0 Å². The van der Waals surface area contributed by atoms with Crippen LogP contribution >= 0.6 is 0 Å². The zero-order chi connectivity index (χ0) is 22.0. The van der Waals surface area contributed by atoms with Gasteiger partial charge in [0.05, 0.1) is 22.8 Å². The van der Waals surface area contributed by atoms with Crippen LogP contribution in [-0.4, -0.2) is 9.97 Å². The molecule has 164 valence electrons. The van der Waals surface area contributed by atoms with Crippen LogP contribution in [0.5, 0.6) is 0 Å². The van der Waals surface area contributed by atoms with Crippen molar-refractivity contribution in [3.63, 3.8) is 0 Å². The average molecular weight is 618 g/mol. The van der Waals surface area contributed by atoms with Crippen molar-refractivity contribution in [2.45, 2.75) is 6.42 Å². The molecule has 0 amide bonds. The number of aromatic nitrogens is 2. The summed E-state index contributed by atoms with van der Waals surface area (Å²) in [6.07, 6.45) is 0.669. The van der Waals surface area contributed by atoms with Gasteiger partial charge in [-0.15, -0.1) is 0 Å². The number of hydrogen-bond acceptors (Lipinski definition) is 2. The Balaban J connectivity index is 0.00000241. The Labute approximate surface area is 213 Å². The van der Waals surface area contributed by atoms with Crippen molar-refractivity contribution >= 4 is 21.5 Å². The molecule has 0 bridgehead atoms. The van der Waals surface area contributed by atoms with E-state index in [9.17, 15) is 0 Å². The first-order valence-electron chi connectivity index (χ1n) is 11.2. The smallest absolute Gasteiger partial charge is 0.252 e. The number of fused-ring (bicyclic) bond motifs is 2. The second-order valence-electron chi connectivity index (χ2n) is 8.26. The third kappa shape index (κ3) is 4.30. The Morgan fingerprint density at radius 3 is 1.26 bits per heavy atom. The topological polar surface area (TPSA) is 25.8 Å². The molecule has 0 atom stereocenters. The first-order chi connectivity index (χ1) is 16.3. The maximum atomic E-state index is 5.14. The zero-order valence-corrected chi connectivity index (χ0v) is 20.7. The van der Waals surface area contributed by atoms with E-state index in [-0.39, 0.29) is 21.1 Å². The van der Waals surface area contributed by atoms with E-state index in [0.29, 0.717) is 6.42 Å². The minimum atomic E-state index is 0. The van der Waals surface area contributed by atoms with Crippen molar-refractivity contribution in [3.8, 4) is 22.5 Å². The number of nitrogens with zero attached hydrogens (tertiary/aromatic N) is 2. The zero-order valence-electron chi connectivity index (χ0n) is 18.5. The van der Waals surface area contributed by atoms with E-state index < -0.39 is 0 Å². The SMILES string of the molecule is [Pt+2].c1ccc(-c2cc3ccccc3c(Cc3nc(-c4ccccc4)cc4ccccc34)n2)cc1. The van der Waals surface area contributed by atoms with Crippen molar-refractivity contribution in [1.29, 1.82) is 0 Å². The molecule has 0 saturated heterocycles. The van der Waals surface area contributed by atoms with Gasteiger partial charge in [0, 0.05) is 28.3 Å². The molecule has 6 rings (SSSR count). The fourth-order valence-corrected chi connectivity index (χ4v) is 4.48. The second-order valence-corrected chi connectivity index (χ2v) is 8.26. The van der Waals surface area contributed by atoms with Crippen LogP contribution in [0.1, 0.15) is 11.4 Å². The van der Waals surface area contributed by atoms with Gasteiger partial charge in [-0.25, -0.2) is 0 Å². The minimum Gasteiger partial charge on any atom is -0.252 e. The van der Waals surface area contributed by atoms with Crippen molar-refractivity contribution in [1.82, 2.24) is 9.97 Å². The molecule has 6 aromatic rings. The van der Waals surface area contributed by atoms with Crippen LogP contribution in [-0.2, 0) is 27.5 Å². The van der Waals surface area contributed by atoms with E-state index in [2.05, 4.69) is 109 Å². The number of benzene rings is 4. The van der Waals surface area contributed by atoms with Crippen LogP contribution in [0.15, 0.2) is 121 Å². The van der Waals surface area contributed by atoms with Crippen molar-refractivity contribution < 1.29 is 21.1 Å². The maximum absolute atomic E-state index is 5.14. The summed E-state index contributed by atoms with van der Waals surface area (Å²) in [5.74, 6) is 0. The van der Waals surface area contributed by atoms with Gasteiger partial charge < -0.3 is 0 Å². The van der Waals surface area contributed by atoms with Crippen LogP contribution in [0.2, 0.25) is 0 Å². The molecule has 2 nitrogen and oxygen atoms in total. The van der Waals surface area contributed by atoms with Gasteiger partial charge >= 0.3 is 21.1 Å². The molecule has 0 aliphatic heterocycles. The van der Waals surface area contributed by atoms with Crippen LogP contribution in [0.4, 0.5) is 0 Å². The molecule has 0 aliphatic rings. The molecule has 3 heteroatoms. The van der Waals surface area contributed by atoms with E-state index in [4.69, 9.17) is 9.97 Å². The second kappa shape index (κ2) is 9.71. The van der Waals surface area contributed by atoms with Crippen LogP contribution < -0.4 is 0 Å². The summed E-state index contributed by atoms with van der Waals surface area (Å²) in [7, 11) is 0. The molecule has 0 fully saturated rings. The molecule has 0 saturated carbocycles. The first kappa shape index (κ1) is 22.2. The van der Waals surface area contributed by atoms with Gasteiger partial charge in [0.15, 0.2) is 0 Å². The molecular formula is C31H22N2Pt+2. The van der Waals surface area contributed by atoms with E-state index >= 15 is 0 Å². The van der Waals surface area contributed by atoms with Gasteiger partial charge in [-0.05, 0) is 22.9 Å². The third-order valence-electron chi connectivity index (χ3n) is 6.11. The van der Waals surface area contributed by atoms with Gasteiger partial charge in [0.25, 0.3) is 0 Å². The van der Waals surface area contributed by atoms with Crippen LogP contribution in [0.25, 0.3) is 44.1 Å². The first-order valence-corrected chi connectivity index (χ1v) is 11.2. The Morgan fingerprint density at radius 1 is 0.441 bits per heavy atom. The quantitative estimate of drug-likeness (QED) is 0.203. The van der Waals surface area contributed by atoms with E-state index in [1.807, 2.05) is 12.1 Å². The molecule has 4 aromatic carbocycles. The summed E-state index contributed by atoms with van der Waals surface area (Å²) in [4.78, 5) is 10.3. The van der Waals surface area contributed by atoms with E-state index in [1.54, 1.807) is 0 Å². The van der Waals surface area contributed by atoms with Gasteiger partial charge in [-0.3, -0.25) is 9.97 Å². The summed E-state index contributed by atoms with van der Waals surface area (Å²) in [5, 5.41) is 4.75. The average Bonchev–Trinajstić information content (AvgIpc) is 2.89. The number of rotatable bonds is 4. The molecule has 0 radical (unpaired) electrons. The Hall–Kier alpha value is -3.61. The van der Waals surface area contributed by atoms with E-state index in [0.717, 1.165) is 33.9 Å². The van der Waals surface area contributed by atoms with Gasteiger partial charge in [-0.2, -0.15) is 0 Å². The van der Waals surface area contributed by atoms with Gasteiger partial charge in [0.1, 0.15) is 0 Å². The fourth-order valence-electron chi connectivity index (χ4n) is 4.48. The Kier molecular flexibility index (Phi) is 6.34. The Bertz CT molecular complexity index is 1460. The fraction of sp³-hybridized carbons (Fsp3) is 0.0323. The molecule has 0 N–H and O–H groups in total. The van der Waals surface area contributed by atoms with Gasteiger partial charge in [-0.1, -0.05) is 109 Å². The number of hydrogen-bond donors (Lipinski definition) is 0. The molecule has 34 heavy (non-hydrogen) atoms. The maximum Gasteiger partial charge on any atom is 2.00 e. The molecular weight excluding hydrogens is 595 g/mol. The molecule has 2 aromatic heterocycles. The van der Waals surface area contributed by atoms with E-state index in [1.165, 1.54) is 21.5 Å². The minimum absolute atomic E-state index is 0. The van der Waals surface area contributed by atoms with Crippen LogP contribution in [0, 0.1) is 0 Å². The molecule has 0 aliphatic carbocycles. The van der Waals surface area contributed by atoms with Crippen molar-refractivity contribution in [2.24, 2.45) is 0 Å². The van der Waals surface area contributed by atoms with Crippen molar-refractivity contribution in [3.05, 3.63) is 133 Å². The summed E-state index contributed by atoms with van der Waals surface area (Å²) < 4.78 is 0. The monoisotopic (exact) mass is 617 g/mol. The molecule has 0 spiro atoms. The normalized spacial score (nSPS) is 10.8. The predicted molar refractivity (Wildman–Crippen MR) is 137 cm³/mol. The molecule has 0 unspecified atom stereocenters. The Morgan fingerprint density at radius 2 is 0.824 bits per heavy atom. The molecule has 2 heterocycles. The summed E-state index contributed by atoms with van der Waals surface area (Å²) >= 11 is 0. The van der Waals surface area contributed by atoms with Gasteiger partial charge in [0.2, 0.25) is 0 Å². The van der Waals surface area contributed by atoms with Crippen LogP contribution in [0.3, 0.4) is 0 Å². The summed E-state index contributed by atoms with van der Waals surface area (Å²) in [6, 6.07) is 42.1.